The molecule has 0 saturated heterocycles. The van der Waals surface area contributed by atoms with Gasteiger partial charge in [0.25, 0.3) is 0 Å². The molecule has 76 heavy (non-hydrogen) atoms. The molecule has 3 fully saturated rings. The van der Waals surface area contributed by atoms with E-state index in [1.165, 1.54) is 65.6 Å². The van der Waals surface area contributed by atoms with Gasteiger partial charge in [0.05, 0.1) is 19.4 Å². The van der Waals surface area contributed by atoms with E-state index in [-0.39, 0.29) is 91.1 Å². The van der Waals surface area contributed by atoms with Crippen LogP contribution in [0.3, 0.4) is 0 Å². The van der Waals surface area contributed by atoms with E-state index in [0.717, 1.165) is 92.4 Å². The van der Waals surface area contributed by atoms with E-state index in [0.29, 0.717) is 54.6 Å². The number of anilines is 1. The maximum atomic E-state index is 13.2. The van der Waals surface area contributed by atoms with E-state index in [1.807, 2.05) is 30.5 Å². The summed E-state index contributed by atoms with van der Waals surface area (Å²) in [4.78, 5) is 69.2. The number of ketones is 2. The summed E-state index contributed by atoms with van der Waals surface area (Å²) in [6.07, 6.45) is 20.4. The fraction of sp³-hybridized carbons (Fsp3) is 0.524. The third-order valence-electron chi connectivity index (χ3n) is 18.6. The van der Waals surface area contributed by atoms with Crippen molar-refractivity contribution in [2.24, 2.45) is 40.4 Å². The largest absolute Gasteiger partial charge is 0.512 e. The summed E-state index contributed by atoms with van der Waals surface area (Å²) in [7, 11) is 0. The second-order valence-electron chi connectivity index (χ2n) is 23.2. The van der Waals surface area contributed by atoms with Gasteiger partial charge in [-0.25, -0.2) is 16.1 Å². The first-order valence-corrected chi connectivity index (χ1v) is 28.8. The van der Waals surface area contributed by atoms with Crippen molar-refractivity contribution in [1.29, 1.82) is 0 Å². The molecule has 13 heteroatoms. The molecule has 8 unspecified atom stereocenters. The molecule has 1 radical (unpaired) electrons. The van der Waals surface area contributed by atoms with Crippen molar-refractivity contribution in [1.82, 2.24) is 10.3 Å². The summed E-state index contributed by atoms with van der Waals surface area (Å²) in [5, 5.41) is 15.0. The van der Waals surface area contributed by atoms with Gasteiger partial charge in [-0.2, -0.15) is 0 Å². The molecule has 4 aliphatic carbocycles. The predicted octanol–water partition coefficient (Wildman–Crippen LogP) is 13.0. The Balaban J connectivity index is 0.000000375. The minimum atomic E-state index is -0.564. The Morgan fingerprint density at radius 1 is 1.00 bits per heavy atom. The van der Waals surface area contributed by atoms with Gasteiger partial charge in [0.1, 0.15) is 23.0 Å². The van der Waals surface area contributed by atoms with E-state index in [4.69, 9.17) is 9.15 Å². The van der Waals surface area contributed by atoms with Crippen molar-refractivity contribution in [3.63, 3.8) is 0 Å². The number of hydrogen-bond donors (Lipinski definition) is 2. The molecule has 0 spiro atoms. The molecule has 2 aromatic carbocycles. The summed E-state index contributed by atoms with van der Waals surface area (Å²) in [5.74, 6) is 2.49. The van der Waals surface area contributed by atoms with Crippen molar-refractivity contribution in [2.45, 2.75) is 149 Å². The number of pyridine rings is 1. The number of nitrogens with one attached hydrogen (secondary N) is 1. The Hall–Kier alpha value is -5.23. The van der Waals surface area contributed by atoms with Crippen molar-refractivity contribution < 1.29 is 53.5 Å². The maximum absolute atomic E-state index is 13.2. The third-order valence-corrected chi connectivity index (χ3v) is 19.7. The Morgan fingerprint density at radius 2 is 1.80 bits per heavy atom. The normalized spacial score (nSPS) is 25.8. The Kier molecular flexibility index (Phi) is 17.4. The number of carbonyl (C=O) groups is 3. The van der Waals surface area contributed by atoms with Gasteiger partial charge in [-0.3, -0.25) is 19.2 Å². The monoisotopic (exact) mass is 1230 g/mol. The number of thiophene rings is 1. The average Bonchev–Trinajstić information content (AvgIpc) is 4.04. The van der Waals surface area contributed by atoms with Crippen LogP contribution in [-0.4, -0.2) is 64.1 Å². The predicted molar refractivity (Wildman–Crippen MR) is 298 cm³/mol. The number of aliphatic hydroxyl groups is 1. The van der Waals surface area contributed by atoms with E-state index in [2.05, 4.69) is 72.4 Å². The molecule has 3 aromatic heterocycles. The molecular formula is C63H75IrN3O8S. The molecule has 3 saturated carbocycles. The quantitative estimate of drug-likeness (QED) is 0.0120. The van der Waals surface area contributed by atoms with Crippen LogP contribution in [0.1, 0.15) is 152 Å². The first-order chi connectivity index (χ1) is 36.2. The fourth-order valence-corrected chi connectivity index (χ4v) is 15.9. The summed E-state index contributed by atoms with van der Waals surface area (Å²) in [5.41, 5.74) is 6.68. The van der Waals surface area contributed by atoms with Gasteiger partial charge in [-0.1, -0.05) is 56.7 Å². The van der Waals surface area contributed by atoms with Crippen LogP contribution in [0, 0.1) is 46.5 Å². The number of ether oxygens (including phenoxy) is 1. The average molecular weight is 1230 g/mol. The molecule has 8 atom stereocenters. The van der Waals surface area contributed by atoms with Crippen molar-refractivity contribution in [2.75, 3.05) is 24.5 Å². The molecule has 2 aliphatic heterocycles. The number of allylic oxidation sites excluding steroid dienone is 3. The van der Waals surface area contributed by atoms with Gasteiger partial charge in [0, 0.05) is 94.0 Å². The van der Waals surface area contributed by atoms with Gasteiger partial charge in [0.15, 0.2) is 5.78 Å². The second kappa shape index (κ2) is 23.8. The van der Waals surface area contributed by atoms with E-state index >= 15 is 0 Å². The van der Waals surface area contributed by atoms with Gasteiger partial charge < -0.3 is 29.5 Å². The summed E-state index contributed by atoms with van der Waals surface area (Å²) in [6.45, 7) is 11.3. The van der Waals surface area contributed by atoms with Crippen LogP contribution in [0.2, 0.25) is 0 Å². The number of amides is 1. The summed E-state index contributed by atoms with van der Waals surface area (Å²) >= 11 is 1.73. The molecule has 11 nitrogen and oxygen atoms in total. The zero-order chi connectivity index (χ0) is 52.4. The molecular weight excluding hydrogens is 1150 g/mol. The molecule has 0 bridgehead atoms. The Bertz CT molecular complexity index is 3060. The number of esters is 1. The number of aromatic nitrogens is 1. The van der Waals surface area contributed by atoms with Crippen molar-refractivity contribution in [3.05, 3.63) is 117 Å². The first kappa shape index (κ1) is 55.5. The topological polar surface area (TPSA) is 160 Å². The standard InChI is InChI=1S/C50H66N2O8.C13H8NS.Ir/c1-30(11-17-44(56)51-23-5-10-43(55)39-28-33-27-32-8-6-24-52-25-7-9-38(46(32)52)47(33)60-48(39)58)40-15-16-41-37-14-12-34-29-36(59-45(57)18-13-35(54)26-31(2)53)19-21-49(34,3)42(37)20-22-50(40,41)4;1-2-7-12-10(5-1)9-13(15-12)11-6-3-4-8-14-11;/h12,26-28,30,36-37,40-42,54H,5-11,13-25,29H2,1-4H3,(H,51,56);1-8H;/q;-1;/p+1/b35-26-;;. The van der Waals surface area contributed by atoms with Crippen LogP contribution >= 0.6 is 11.3 Å². The number of nitrogens with zero attached hydrogens (tertiary/aromatic N) is 2. The SMILES string of the molecule is CC(=[OH+])/C=C(\O)CCC(=O)OC1CCC2(C)C(=CCC3C2CCC2(C)C(C(C)CCC(=O)NCCCC(=O)c4cc5cc6c7c(c5oc4=O)CCCN7CCC6)CCC32)C1.[Ir].[c-]1c(-c2ccccn2)sc2ccccc12. The number of aryl methyl sites for hydroxylation is 2. The number of benzene rings is 2. The minimum absolute atomic E-state index is 0. The van der Waals surface area contributed by atoms with Crippen LogP contribution in [0.15, 0.2) is 93.5 Å². The molecule has 405 valence electrons. The number of rotatable bonds is 15. The maximum Gasteiger partial charge on any atom is 0.347 e. The molecule has 11 rings (SSSR count). The number of Topliss-reactive ketones (excluding diaryl/α,β-unsaturated/α-hetero) is 1. The van der Waals surface area contributed by atoms with Crippen LogP contribution in [0.5, 0.6) is 0 Å². The summed E-state index contributed by atoms with van der Waals surface area (Å²) in [6, 6.07) is 21.4. The molecule has 5 heterocycles. The number of fused-ring (bicyclic) bond motifs is 8. The smallest absolute Gasteiger partial charge is 0.347 e. The molecule has 3 N–H and O–H groups in total. The number of aliphatic hydroxyl groups excluding tert-OH is 1. The fourth-order valence-electron chi connectivity index (χ4n) is 14.9. The van der Waals surface area contributed by atoms with Crippen LogP contribution in [-0.2, 0) is 47.3 Å². The number of hydrogen-bond acceptors (Lipinski definition) is 10. The van der Waals surface area contributed by atoms with Crippen molar-refractivity contribution in [3.8, 4) is 10.6 Å². The van der Waals surface area contributed by atoms with Crippen molar-refractivity contribution >= 4 is 61.5 Å². The van der Waals surface area contributed by atoms with E-state index < -0.39 is 5.63 Å². The summed E-state index contributed by atoms with van der Waals surface area (Å²) < 4.78 is 13.0. The Labute approximate surface area is 465 Å². The number of carbonyl (C=O) groups excluding carboxylic acids is 4. The molecule has 1 amide bonds. The Morgan fingerprint density at radius 3 is 2.59 bits per heavy atom. The van der Waals surface area contributed by atoms with Gasteiger partial charge in [0.2, 0.25) is 5.91 Å². The zero-order valence-electron chi connectivity index (χ0n) is 44.7. The van der Waals surface area contributed by atoms with Crippen LogP contribution in [0.4, 0.5) is 5.69 Å². The molecule has 5 aromatic rings. The second-order valence-corrected chi connectivity index (χ2v) is 24.3. The van der Waals surface area contributed by atoms with Gasteiger partial charge in [-0.05, 0) is 157 Å². The zero-order valence-corrected chi connectivity index (χ0v) is 47.9. The van der Waals surface area contributed by atoms with Crippen LogP contribution < -0.4 is 15.8 Å². The third kappa shape index (κ3) is 11.6. The minimum Gasteiger partial charge on any atom is -0.512 e. The van der Waals surface area contributed by atoms with Gasteiger partial charge >= 0.3 is 17.4 Å². The molecule has 6 aliphatic rings. The van der Waals surface area contributed by atoms with E-state index in [9.17, 15) is 29.1 Å². The van der Waals surface area contributed by atoms with Crippen LogP contribution in [0.25, 0.3) is 31.6 Å². The van der Waals surface area contributed by atoms with Gasteiger partial charge in [-0.15, -0.1) is 23.6 Å². The van der Waals surface area contributed by atoms with E-state index in [1.54, 1.807) is 17.4 Å². The first-order valence-electron chi connectivity index (χ1n) is 28.0.